The number of thioether (sulfide) groups is 1. The summed E-state index contributed by atoms with van der Waals surface area (Å²) in [4.78, 5) is 17.5. The Balaban J connectivity index is 1.55. The van der Waals surface area contributed by atoms with Gasteiger partial charge in [-0.25, -0.2) is 9.37 Å². The van der Waals surface area contributed by atoms with Crippen LogP contribution in [0.15, 0.2) is 71.8 Å². The van der Waals surface area contributed by atoms with E-state index in [1.54, 1.807) is 36.2 Å². The van der Waals surface area contributed by atoms with Gasteiger partial charge in [-0.2, -0.15) is 0 Å². The lowest BCUT2D eigenvalue weighted by molar-refractivity contribution is 0.0951. The van der Waals surface area contributed by atoms with Crippen LogP contribution in [0.4, 0.5) is 4.39 Å². The van der Waals surface area contributed by atoms with Gasteiger partial charge in [0.25, 0.3) is 5.91 Å². The average Bonchev–Trinajstić information content (AvgIpc) is 2.69. The second kappa shape index (κ2) is 8.49. The first kappa shape index (κ1) is 17.9. The van der Waals surface area contributed by atoms with Gasteiger partial charge in [0.1, 0.15) is 11.6 Å². The molecule has 3 rings (SSSR count). The van der Waals surface area contributed by atoms with Crippen molar-refractivity contribution in [1.29, 1.82) is 0 Å². The highest BCUT2D eigenvalue weighted by Gasteiger charge is 2.06. The first-order valence-corrected chi connectivity index (χ1v) is 9.17. The van der Waals surface area contributed by atoms with Gasteiger partial charge in [0.2, 0.25) is 5.88 Å². The number of aromatic nitrogens is 1. The second-order valence-corrected chi connectivity index (χ2v) is 6.35. The summed E-state index contributed by atoms with van der Waals surface area (Å²) in [6, 6.07) is 16.7. The van der Waals surface area contributed by atoms with E-state index < -0.39 is 0 Å². The molecule has 0 aliphatic rings. The lowest BCUT2D eigenvalue weighted by Gasteiger charge is -2.07. The SMILES string of the molecule is CSc1ccc(C(=O)NCc2ccc(Oc3ccc(F)cc3)nc2)cc1. The number of halogens is 1. The van der Waals surface area contributed by atoms with E-state index in [-0.39, 0.29) is 11.7 Å². The van der Waals surface area contributed by atoms with Crippen LogP contribution < -0.4 is 10.1 Å². The van der Waals surface area contributed by atoms with Crippen LogP contribution >= 0.6 is 11.8 Å². The molecule has 0 bridgehead atoms. The molecule has 1 N–H and O–H groups in total. The minimum Gasteiger partial charge on any atom is -0.439 e. The summed E-state index contributed by atoms with van der Waals surface area (Å²) in [6.07, 6.45) is 3.63. The minimum absolute atomic E-state index is 0.135. The number of carbonyl (C=O) groups is 1. The standard InChI is InChI=1S/C20H17FN2O2S/c1-26-18-9-3-15(4-10-18)20(24)23-13-14-2-11-19(22-12-14)25-17-7-5-16(21)6-8-17/h2-12H,13H2,1H3,(H,23,24). The van der Waals surface area contributed by atoms with Crippen LogP contribution in [-0.4, -0.2) is 17.1 Å². The first-order chi connectivity index (χ1) is 12.6. The molecule has 0 atom stereocenters. The summed E-state index contributed by atoms with van der Waals surface area (Å²) in [5.74, 6) is 0.455. The van der Waals surface area contributed by atoms with E-state index in [9.17, 15) is 9.18 Å². The lowest BCUT2D eigenvalue weighted by Crippen LogP contribution is -2.22. The number of nitrogens with one attached hydrogen (secondary N) is 1. The number of amides is 1. The fourth-order valence-electron chi connectivity index (χ4n) is 2.23. The van der Waals surface area contributed by atoms with Crippen molar-refractivity contribution in [3.05, 3.63) is 83.8 Å². The first-order valence-electron chi connectivity index (χ1n) is 7.94. The molecule has 0 saturated heterocycles. The van der Waals surface area contributed by atoms with Gasteiger partial charge in [-0.1, -0.05) is 6.07 Å². The Morgan fingerprint density at radius 1 is 1.08 bits per heavy atom. The van der Waals surface area contributed by atoms with Gasteiger partial charge in [0.05, 0.1) is 0 Å². The van der Waals surface area contributed by atoms with Crippen LogP contribution in [0, 0.1) is 5.82 Å². The Labute approximate surface area is 155 Å². The third-order valence-electron chi connectivity index (χ3n) is 3.64. The van der Waals surface area contributed by atoms with E-state index in [4.69, 9.17) is 4.74 Å². The molecule has 0 spiro atoms. The van der Waals surface area contributed by atoms with Crippen LogP contribution in [0.3, 0.4) is 0 Å². The zero-order valence-corrected chi connectivity index (χ0v) is 14.9. The molecule has 1 amide bonds. The largest absolute Gasteiger partial charge is 0.439 e. The predicted octanol–water partition coefficient (Wildman–Crippen LogP) is 4.66. The number of benzene rings is 2. The Bertz CT molecular complexity index is 866. The van der Waals surface area contributed by atoms with Crippen LogP contribution in [0.2, 0.25) is 0 Å². The van der Waals surface area contributed by atoms with Crippen molar-refractivity contribution in [2.75, 3.05) is 6.26 Å². The summed E-state index contributed by atoms with van der Waals surface area (Å²) in [7, 11) is 0. The van der Waals surface area contributed by atoms with Crippen molar-refractivity contribution in [1.82, 2.24) is 10.3 Å². The van der Waals surface area contributed by atoms with Crippen molar-refractivity contribution in [3.8, 4) is 11.6 Å². The quantitative estimate of drug-likeness (QED) is 0.643. The molecule has 2 aromatic carbocycles. The fraction of sp³-hybridized carbons (Fsp3) is 0.100. The fourth-order valence-corrected chi connectivity index (χ4v) is 2.63. The zero-order chi connectivity index (χ0) is 18.4. The molecule has 0 aliphatic carbocycles. The molecule has 6 heteroatoms. The smallest absolute Gasteiger partial charge is 0.251 e. The normalized spacial score (nSPS) is 10.4. The Morgan fingerprint density at radius 3 is 2.42 bits per heavy atom. The molecule has 132 valence electrons. The van der Waals surface area contributed by atoms with Crippen LogP contribution in [0.1, 0.15) is 15.9 Å². The molecule has 0 saturated carbocycles. The van der Waals surface area contributed by atoms with Crippen LogP contribution in [-0.2, 0) is 6.54 Å². The Kier molecular flexibility index (Phi) is 5.86. The van der Waals surface area contributed by atoms with Gasteiger partial charge in [0.15, 0.2) is 0 Å². The summed E-state index contributed by atoms with van der Waals surface area (Å²) in [6.45, 7) is 0.368. The highest BCUT2D eigenvalue weighted by Crippen LogP contribution is 2.19. The van der Waals surface area contributed by atoms with E-state index in [0.29, 0.717) is 23.7 Å². The van der Waals surface area contributed by atoms with E-state index in [1.807, 2.05) is 24.5 Å². The maximum Gasteiger partial charge on any atom is 0.251 e. The van der Waals surface area contributed by atoms with Crippen molar-refractivity contribution < 1.29 is 13.9 Å². The van der Waals surface area contributed by atoms with Gasteiger partial charge < -0.3 is 10.1 Å². The minimum atomic E-state index is -0.320. The summed E-state index contributed by atoms with van der Waals surface area (Å²) in [5, 5.41) is 2.86. The zero-order valence-electron chi connectivity index (χ0n) is 14.1. The van der Waals surface area contributed by atoms with Crippen molar-refractivity contribution in [2.24, 2.45) is 0 Å². The van der Waals surface area contributed by atoms with Gasteiger partial charge in [-0.3, -0.25) is 4.79 Å². The van der Waals surface area contributed by atoms with Crippen molar-refractivity contribution >= 4 is 17.7 Å². The molecule has 4 nitrogen and oxygen atoms in total. The molecule has 0 unspecified atom stereocenters. The lowest BCUT2D eigenvalue weighted by atomic mass is 10.2. The molecule has 1 aromatic heterocycles. The number of pyridine rings is 1. The van der Waals surface area contributed by atoms with Gasteiger partial charge in [0, 0.05) is 29.3 Å². The maximum atomic E-state index is 12.9. The van der Waals surface area contributed by atoms with E-state index in [2.05, 4.69) is 10.3 Å². The van der Waals surface area contributed by atoms with Gasteiger partial charge in [-0.15, -0.1) is 11.8 Å². The van der Waals surface area contributed by atoms with E-state index >= 15 is 0 Å². The highest BCUT2D eigenvalue weighted by atomic mass is 32.2. The molecule has 0 fully saturated rings. The van der Waals surface area contributed by atoms with Gasteiger partial charge in [-0.05, 0) is 60.4 Å². The average molecular weight is 368 g/mol. The Morgan fingerprint density at radius 2 is 1.81 bits per heavy atom. The molecule has 3 aromatic rings. The molecule has 0 radical (unpaired) electrons. The summed E-state index contributed by atoms with van der Waals surface area (Å²) < 4.78 is 18.4. The molecule has 1 heterocycles. The van der Waals surface area contributed by atoms with E-state index in [1.165, 1.54) is 24.3 Å². The number of rotatable bonds is 6. The van der Waals surface area contributed by atoms with Gasteiger partial charge >= 0.3 is 0 Å². The van der Waals surface area contributed by atoms with Crippen molar-refractivity contribution in [3.63, 3.8) is 0 Å². The van der Waals surface area contributed by atoms with Crippen LogP contribution in [0.25, 0.3) is 0 Å². The van der Waals surface area contributed by atoms with E-state index in [0.717, 1.165) is 10.5 Å². The number of hydrogen-bond acceptors (Lipinski definition) is 4. The topological polar surface area (TPSA) is 51.2 Å². The number of ether oxygens (including phenoxy) is 1. The predicted molar refractivity (Wildman–Crippen MR) is 100 cm³/mol. The number of hydrogen-bond donors (Lipinski definition) is 1. The highest BCUT2D eigenvalue weighted by molar-refractivity contribution is 7.98. The monoisotopic (exact) mass is 368 g/mol. The summed E-state index contributed by atoms with van der Waals surface area (Å²) >= 11 is 1.63. The molecular formula is C20H17FN2O2S. The summed E-state index contributed by atoms with van der Waals surface area (Å²) in [5.41, 5.74) is 1.47. The molecule has 0 aliphatic heterocycles. The second-order valence-electron chi connectivity index (χ2n) is 5.47. The third kappa shape index (κ3) is 4.83. The number of carbonyl (C=O) groups excluding carboxylic acids is 1. The maximum absolute atomic E-state index is 12.9. The van der Waals surface area contributed by atoms with Crippen molar-refractivity contribution in [2.45, 2.75) is 11.4 Å². The Hall–Kier alpha value is -2.86. The van der Waals surface area contributed by atoms with Crippen LogP contribution in [0.5, 0.6) is 11.6 Å². The molecular weight excluding hydrogens is 351 g/mol. The molecule has 26 heavy (non-hydrogen) atoms. The number of nitrogens with zero attached hydrogens (tertiary/aromatic N) is 1. The third-order valence-corrected chi connectivity index (χ3v) is 4.38.